The first-order chi connectivity index (χ1) is 6.09. The number of hydrogen-bond donors (Lipinski definition) is 2. The molecule has 0 aliphatic rings. The number of aliphatic imine (C=N–C) groups is 1. The summed E-state index contributed by atoms with van der Waals surface area (Å²) in [6.07, 6.45) is 0. The molecule has 0 heterocycles. The molecule has 0 aromatic heterocycles. The topological polar surface area (TPSA) is 52.8 Å². The molecule has 0 radical (unpaired) electrons. The van der Waals surface area contributed by atoms with Crippen molar-refractivity contribution in [3.63, 3.8) is 0 Å². The monoisotopic (exact) mass is 305 g/mol. The minimum absolute atomic E-state index is 0. The second-order valence-electron chi connectivity index (χ2n) is 3.03. The second-order valence-corrected chi connectivity index (χ2v) is 3.03. The molecule has 0 unspecified atom stereocenters. The van der Waals surface area contributed by atoms with Crippen molar-refractivity contribution < 1.29 is 10.0 Å². The van der Waals surface area contributed by atoms with E-state index in [1.165, 1.54) is 0 Å². The van der Waals surface area contributed by atoms with Crippen molar-refractivity contribution in [3.8, 4) is 0 Å². The highest BCUT2D eigenvalue weighted by Gasteiger charge is 2.09. The first kappa shape index (κ1) is 13.6. The predicted molar refractivity (Wildman–Crippen MR) is 70.1 cm³/mol. The molecule has 14 heavy (non-hydrogen) atoms. The molecule has 0 fully saturated rings. The highest BCUT2D eigenvalue weighted by molar-refractivity contribution is 14.0. The van der Waals surface area contributed by atoms with Crippen molar-refractivity contribution in [3.05, 3.63) is 24.3 Å². The molecule has 0 aliphatic carbocycles. The van der Waals surface area contributed by atoms with Crippen molar-refractivity contribution in [2.24, 2.45) is 4.99 Å². The van der Waals surface area contributed by atoms with Crippen molar-refractivity contribution in [2.75, 3.05) is 0 Å². The van der Waals surface area contributed by atoms with Gasteiger partial charge >= 0.3 is 7.12 Å². The number of rotatable bonds is 2. The first-order valence-corrected chi connectivity index (χ1v) is 4.07. The van der Waals surface area contributed by atoms with E-state index < -0.39 is 7.12 Å². The molecule has 0 atom stereocenters. The van der Waals surface area contributed by atoms with Gasteiger partial charge in [-0.25, -0.2) is 0 Å². The summed E-state index contributed by atoms with van der Waals surface area (Å²) < 4.78 is 0. The molecule has 0 saturated carbocycles. The third kappa shape index (κ3) is 4.21. The lowest BCUT2D eigenvalue weighted by Crippen LogP contribution is -2.29. The Kier molecular flexibility index (Phi) is 5.98. The molecule has 3 nitrogen and oxygen atoms in total. The summed E-state index contributed by atoms with van der Waals surface area (Å²) in [5, 5.41) is 17.8. The van der Waals surface area contributed by atoms with Gasteiger partial charge in [-0.15, -0.1) is 24.0 Å². The van der Waals surface area contributed by atoms with Crippen LogP contribution in [0.3, 0.4) is 0 Å². The lowest BCUT2D eigenvalue weighted by atomic mass is 9.80. The van der Waals surface area contributed by atoms with Crippen LogP contribution in [0.1, 0.15) is 13.8 Å². The second kappa shape index (κ2) is 6.16. The minimum atomic E-state index is -1.42. The van der Waals surface area contributed by atoms with Crippen LogP contribution in [0.25, 0.3) is 0 Å². The Morgan fingerprint density at radius 2 is 1.93 bits per heavy atom. The minimum Gasteiger partial charge on any atom is -0.423 e. The van der Waals surface area contributed by atoms with Crippen LogP contribution < -0.4 is 5.46 Å². The van der Waals surface area contributed by atoms with Crippen molar-refractivity contribution >= 4 is 48.0 Å². The van der Waals surface area contributed by atoms with Crippen LogP contribution in [-0.2, 0) is 0 Å². The molecule has 0 spiro atoms. The summed E-state index contributed by atoms with van der Waals surface area (Å²) in [5.74, 6) is 0. The summed E-state index contributed by atoms with van der Waals surface area (Å²) >= 11 is 0. The van der Waals surface area contributed by atoms with Gasteiger partial charge in [-0.05, 0) is 31.4 Å². The summed E-state index contributed by atoms with van der Waals surface area (Å²) in [4.78, 5) is 4.20. The highest BCUT2D eigenvalue weighted by atomic mass is 127. The maximum absolute atomic E-state index is 8.89. The molecule has 76 valence electrons. The van der Waals surface area contributed by atoms with E-state index in [0.717, 1.165) is 11.4 Å². The number of hydrogen-bond acceptors (Lipinski definition) is 3. The molecule has 0 amide bonds. The summed E-state index contributed by atoms with van der Waals surface area (Å²) in [7, 11) is -1.42. The van der Waals surface area contributed by atoms with E-state index in [-0.39, 0.29) is 24.0 Å². The zero-order valence-corrected chi connectivity index (χ0v) is 10.5. The fourth-order valence-corrected chi connectivity index (χ4v) is 1.01. The molecule has 1 aromatic rings. The normalized spacial score (nSPS) is 8.86. The third-order valence-electron chi connectivity index (χ3n) is 1.52. The van der Waals surface area contributed by atoms with Crippen LogP contribution in [0.2, 0.25) is 0 Å². The van der Waals surface area contributed by atoms with E-state index >= 15 is 0 Å². The van der Waals surface area contributed by atoms with Crippen LogP contribution >= 0.6 is 24.0 Å². The lowest BCUT2D eigenvalue weighted by molar-refractivity contribution is 0.426. The molecule has 2 N–H and O–H groups in total. The zero-order chi connectivity index (χ0) is 9.84. The molecule has 1 aromatic carbocycles. The smallest absolute Gasteiger partial charge is 0.423 e. The van der Waals surface area contributed by atoms with Gasteiger partial charge in [-0.1, -0.05) is 12.1 Å². The molecular formula is C9H13BINO2. The lowest BCUT2D eigenvalue weighted by Gasteiger charge is -2.00. The van der Waals surface area contributed by atoms with E-state index in [9.17, 15) is 0 Å². The van der Waals surface area contributed by atoms with Crippen molar-refractivity contribution in [1.82, 2.24) is 0 Å². The highest BCUT2D eigenvalue weighted by Crippen LogP contribution is 2.08. The molecular weight excluding hydrogens is 292 g/mol. The Balaban J connectivity index is 0.00000169. The third-order valence-corrected chi connectivity index (χ3v) is 1.52. The Hall–Kier alpha value is -0.395. The Labute approximate surface area is 101 Å². The molecule has 5 heteroatoms. The van der Waals surface area contributed by atoms with Gasteiger partial charge in [-0.3, -0.25) is 4.99 Å². The molecule has 0 saturated heterocycles. The van der Waals surface area contributed by atoms with Crippen LogP contribution in [0.5, 0.6) is 0 Å². The SMILES string of the molecule is CC(C)=Nc1cccc(B(O)O)c1.I. The van der Waals surface area contributed by atoms with E-state index in [4.69, 9.17) is 10.0 Å². The van der Waals surface area contributed by atoms with Gasteiger partial charge in [0.1, 0.15) is 0 Å². The molecule has 0 aliphatic heterocycles. The van der Waals surface area contributed by atoms with Crippen LogP contribution in [0.15, 0.2) is 29.3 Å². The Morgan fingerprint density at radius 3 is 2.43 bits per heavy atom. The van der Waals surface area contributed by atoms with Gasteiger partial charge < -0.3 is 10.0 Å². The number of benzene rings is 1. The van der Waals surface area contributed by atoms with E-state index in [0.29, 0.717) is 5.46 Å². The standard InChI is InChI=1S/C9H12BNO2.HI/c1-7(2)11-9-5-3-4-8(6-9)10(12)13;/h3-6,12-13H,1-2H3;1H. The zero-order valence-electron chi connectivity index (χ0n) is 8.14. The molecule has 1 rings (SSSR count). The van der Waals surface area contributed by atoms with Crippen LogP contribution in [-0.4, -0.2) is 22.9 Å². The molecule has 0 bridgehead atoms. The fraction of sp³-hybridized carbons (Fsp3) is 0.222. The van der Waals surface area contributed by atoms with Gasteiger partial charge in [0, 0.05) is 5.71 Å². The van der Waals surface area contributed by atoms with E-state index in [2.05, 4.69) is 4.99 Å². The predicted octanol–water partition coefficient (Wildman–Crippen LogP) is 1.10. The maximum atomic E-state index is 8.89. The van der Waals surface area contributed by atoms with Crippen LogP contribution in [0.4, 0.5) is 5.69 Å². The van der Waals surface area contributed by atoms with Gasteiger partial charge in [0.25, 0.3) is 0 Å². The largest absolute Gasteiger partial charge is 0.488 e. The van der Waals surface area contributed by atoms with E-state index in [1.54, 1.807) is 18.2 Å². The van der Waals surface area contributed by atoms with Crippen LogP contribution in [0, 0.1) is 0 Å². The average Bonchev–Trinajstić information content (AvgIpc) is 2.03. The maximum Gasteiger partial charge on any atom is 0.488 e. The Morgan fingerprint density at radius 1 is 1.29 bits per heavy atom. The van der Waals surface area contributed by atoms with Gasteiger partial charge in [0.2, 0.25) is 0 Å². The van der Waals surface area contributed by atoms with Crippen molar-refractivity contribution in [2.45, 2.75) is 13.8 Å². The number of nitrogens with zero attached hydrogens (tertiary/aromatic N) is 1. The number of halogens is 1. The first-order valence-electron chi connectivity index (χ1n) is 4.07. The quantitative estimate of drug-likeness (QED) is 0.488. The van der Waals surface area contributed by atoms with Gasteiger partial charge in [-0.2, -0.15) is 0 Å². The Bertz CT molecular complexity index is 324. The summed E-state index contributed by atoms with van der Waals surface area (Å²) in [6.45, 7) is 3.78. The summed E-state index contributed by atoms with van der Waals surface area (Å²) in [5.41, 5.74) is 2.14. The fourth-order valence-electron chi connectivity index (χ4n) is 1.01. The average molecular weight is 305 g/mol. The summed E-state index contributed by atoms with van der Waals surface area (Å²) in [6, 6.07) is 6.86. The van der Waals surface area contributed by atoms with Crippen molar-refractivity contribution in [1.29, 1.82) is 0 Å². The van der Waals surface area contributed by atoms with E-state index in [1.807, 2.05) is 19.9 Å². The van der Waals surface area contributed by atoms with Gasteiger partial charge in [0.15, 0.2) is 0 Å². The van der Waals surface area contributed by atoms with Gasteiger partial charge in [0.05, 0.1) is 5.69 Å².